The van der Waals surface area contributed by atoms with Crippen LogP contribution in [0.3, 0.4) is 0 Å². The molecule has 1 heterocycles. The Morgan fingerprint density at radius 3 is 2.54 bits per heavy atom. The van der Waals surface area contributed by atoms with E-state index in [9.17, 15) is 13.2 Å². The Balaban J connectivity index is 2.34. The van der Waals surface area contributed by atoms with Gasteiger partial charge in [-0.05, 0) is 36.3 Å². The number of alkyl halides is 3. The minimum Gasteiger partial charge on any atom is -0.490 e. The molecule has 0 atom stereocenters. The van der Waals surface area contributed by atoms with Crippen LogP contribution in [0.2, 0.25) is 10.0 Å². The number of benzene rings is 1. The van der Waals surface area contributed by atoms with Gasteiger partial charge in [0, 0.05) is 0 Å². The number of halogens is 5. The van der Waals surface area contributed by atoms with E-state index in [0.717, 1.165) is 12.6 Å². The van der Waals surface area contributed by atoms with Gasteiger partial charge in [-0.2, -0.15) is 22.9 Å². The molecule has 0 aliphatic heterocycles. The number of H-pyrrole nitrogens is 1. The van der Waals surface area contributed by atoms with Crippen molar-refractivity contribution in [2.45, 2.75) is 19.5 Å². The van der Waals surface area contributed by atoms with Gasteiger partial charge in [0.2, 0.25) is 4.77 Å². The molecule has 0 spiro atoms. The Hall–Kier alpha value is -1.58. The molecule has 0 fully saturated rings. The van der Waals surface area contributed by atoms with Gasteiger partial charge in [0.15, 0.2) is 5.75 Å². The van der Waals surface area contributed by atoms with E-state index in [4.69, 9.17) is 40.2 Å². The van der Waals surface area contributed by atoms with Gasteiger partial charge in [-0.25, -0.2) is 5.10 Å². The Morgan fingerprint density at radius 2 is 2.00 bits per heavy atom. The molecule has 11 heteroatoms. The fraction of sp³-hybridized carbons (Fsp3) is 0.308. The van der Waals surface area contributed by atoms with Gasteiger partial charge in [-0.1, -0.05) is 30.1 Å². The number of aromatic nitrogens is 3. The molecule has 0 aliphatic carbocycles. The van der Waals surface area contributed by atoms with Crippen LogP contribution in [0.15, 0.2) is 17.2 Å². The van der Waals surface area contributed by atoms with Crippen LogP contribution >= 0.6 is 35.4 Å². The molecule has 2 aromatic rings. The molecule has 2 rings (SSSR count). The topological polar surface area (TPSA) is 55.2 Å². The van der Waals surface area contributed by atoms with Gasteiger partial charge in [-0.3, -0.25) is 0 Å². The lowest BCUT2D eigenvalue weighted by Gasteiger charge is -2.09. The Labute approximate surface area is 150 Å². The molecule has 1 aromatic heterocycles. The van der Waals surface area contributed by atoms with E-state index in [1.165, 1.54) is 12.1 Å². The summed E-state index contributed by atoms with van der Waals surface area (Å²) in [6.07, 6.45) is -2.78. The maximum atomic E-state index is 12.8. The van der Waals surface area contributed by atoms with E-state index >= 15 is 0 Å². The van der Waals surface area contributed by atoms with Crippen molar-refractivity contribution >= 4 is 41.6 Å². The molecule has 5 nitrogen and oxygen atoms in total. The predicted molar refractivity (Wildman–Crippen MR) is 87.7 cm³/mol. The standard InChI is InChI=1S/C13H11Cl2F3N4OS/c1-2-3-23-10-8(14)4-7(5-9(10)15)6-19-22-11(13(16,17)18)20-21-12(22)24/h4-6H,2-3H2,1H3,(H,21,24)/b19-6-. The van der Waals surface area contributed by atoms with Crippen LogP contribution in [0.25, 0.3) is 0 Å². The molecule has 0 amide bonds. The first-order valence-corrected chi connectivity index (χ1v) is 7.81. The highest BCUT2D eigenvalue weighted by Gasteiger charge is 2.37. The summed E-state index contributed by atoms with van der Waals surface area (Å²) >= 11 is 16.9. The largest absolute Gasteiger partial charge is 0.490 e. The summed E-state index contributed by atoms with van der Waals surface area (Å²) in [5.74, 6) is -0.947. The van der Waals surface area contributed by atoms with E-state index in [1.807, 2.05) is 6.92 Å². The molecule has 0 saturated heterocycles. The van der Waals surface area contributed by atoms with Gasteiger partial charge in [-0.15, -0.1) is 5.10 Å². The van der Waals surface area contributed by atoms with E-state index in [2.05, 4.69) is 15.3 Å². The van der Waals surface area contributed by atoms with Crippen molar-refractivity contribution in [3.63, 3.8) is 0 Å². The molecule has 1 aromatic carbocycles. The van der Waals surface area contributed by atoms with Gasteiger partial charge in [0.1, 0.15) is 0 Å². The number of aromatic amines is 1. The second kappa shape index (κ2) is 7.54. The minimum absolute atomic E-state index is 0.226. The van der Waals surface area contributed by atoms with Crippen LogP contribution in [0.1, 0.15) is 24.7 Å². The lowest BCUT2D eigenvalue weighted by atomic mass is 10.2. The highest BCUT2D eigenvalue weighted by Crippen LogP contribution is 2.34. The molecule has 130 valence electrons. The van der Waals surface area contributed by atoms with E-state index in [0.29, 0.717) is 22.6 Å². The molecule has 0 bridgehead atoms. The van der Waals surface area contributed by atoms with E-state index < -0.39 is 12.0 Å². The van der Waals surface area contributed by atoms with Crippen LogP contribution in [0.5, 0.6) is 5.75 Å². The summed E-state index contributed by atoms with van der Waals surface area (Å²) in [7, 11) is 0. The number of hydrogen-bond acceptors (Lipinski definition) is 4. The van der Waals surface area contributed by atoms with Crippen molar-refractivity contribution in [1.82, 2.24) is 14.9 Å². The van der Waals surface area contributed by atoms with Crippen molar-refractivity contribution in [1.29, 1.82) is 0 Å². The van der Waals surface area contributed by atoms with Gasteiger partial charge in [0.25, 0.3) is 5.82 Å². The Kier molecular flexibility index (Phi) is 5.89. The zero-order valence-electron chi connectivity index (χ0n) is 12.2. The molecule has 0 aliphatic rings. The maximum Gasteiger partial charge on any atom is 0.453 e. The third-order valence-corrected chi connectivity index (χ3v) is 3.52. The number of ether oxygens (including phenoxy) is 1. The van der Waals surface area contributed by atoms with E-state index in [1.54, 1.807) is 0 Å². The summed E-state index contributed by atoms with van der Waals surface area (Å²) in [6, 6.07) is 2.94. The molecule has 0 saturated carbocycles. The van der Waals surface area contributed by atoms with Crippen LogP contribution < -0.4 is 4.74 Å². The summed E-state index contributed by atoms with van der Waals surface area (Å²) in [5, 5.41) is 9.31. The smallest absolute Gasteiger partial charge is 0.453 e. The molecule has 0 unspecified atom stereocenters. The van der Waals surface area contributed by atoms with Crippen LogP contribution in [-0.4, -0.2) is 27.7 Å². The average molecular weight is 399 g/mol. The van der Waals surface area contributed by atoms with Crippen molar-refractivity contribution < 1.29 is 17.9 Å². The quantitative estimate of drug-likeness (QED) is 0.573. The monoisotopic (exact) mass is 398 g/mol. The Morgan fingerprint density at radius 1 is 1.38 bits per heavy atom. The molecular formula is C13H11Cl2F3N4OS. The predicted octanol–water partition coefficient (Wildman–Crippen LogP) is 4.94. The fourth-order valence-corrected chi connectivity index (χ4v) is 2.50. The summed E-state index contributed by atoms with van der Waals surface area (Å²) in [6.45, 7) is 2.36. The number of nitrogens with zero attached hydrogens (tertiary/aromatic N) is 3. The molecular weight excluding hydrogens is 388 g/mol. The van der Waals surface area contributed by atoms with Crippen molar-refractivity contribution in [3.05, 3.63) is 38.3 Å². The van der Waals surface area contributed by atoms with Crippen molar-refractivity contribution in [2.24, 2.45) is 5.10 Å². The second-order valence-electron chi connectivity index (χ2n) is 4.57. The summed E-state index contributed by atoms with van der Waals surface area (Å²) in [5.41, 5.74) is 0.380. The number of nitrogens with one attached hydrogen (secondary N) is 1. The second-order valence-corrected chi connectivity index (χ2v) is 5.77. The zero-order chi connectivity index (χ0) is 17.9. The van der Waals surface area contributed by atoms with Crippen LogP contribution in [0.4, 0.5) is 13.2 Å². The van der Waals surface area contributed by atoms with Crippen LogP contribution in [0, 0.1) is 4.77 Å². The first kappa shape index (κ1) is 18.8. The van der Waals surface area contributed by atoms with Crippen molar-refractivity contribution in [2.75, 3.05) is 6.61 Å². The molecule has 1 N–H and O–H groups in total. The zero-order valence-corrected chi connectivity index (χ0v) is 14.5. The molecule has 0 radical (unpaired) electrons. The first-order chi connectivity index (χ1) is 11.2. The number of rotatable bonds is 5. The van der Waals surface area contributed by atoms with Gasteiger partial charge >= 0.3 is 6.18 Å². The highest BCUT2D eigenvalue weighted by atomic mass is 35.5. The normalized spacial score (nSPS) is 12.1. The first-order valence-electron chi connectivity index (χ1n) is 6.64. The Bertz CT molecular complexity index is 793. The van der Waals surface area contributed by atoms with E-state index in [-0.39, 0.29) is 14.8 Å². The van der Waals surface area contributed by atoms with Gasteiger partial charge < -0.3 is 4.74 Å². The van der Waals surface area contributed by atoms with Crippen molar-refractivity contribution in [3.8, 4) is 5.75 Å². The third kappa shape index (κ3) is 4.28. The average Bonchev–Trinajstić information content (AvgIpc) is 2.85. The van der Waals surface area contributed by atoms with Crippen LogP contribution in [-0.2, 0) is 6.18 Å². The summed E-state index contributed by atoms with van der Waals surface area (Å²) < 4.78 is 44.0. The van der Waals surface area contributed by atoms with Gasteiger partial charge in [0.05, 0.1) is 22.9 Å². The number of hydrogen-bond donors (Lipinski definition) is 1. The minimum atomic E-state index is -4.70. The lowest BCUT2D eigenvalue weighted by molar-refractivity contribution is -0.147. The highest BCUT2D eigenvalue weighted by molar-refractivity contribution is 7.71. The fourth-order valence-electron chi connectivity index (χ4n) is 1.70. The molecule has 24 heavy (non-hydrogen) atoms. The summed E-state index contributed by atoms with van der Waals surface area (Å²) in [4.78, 5) is 0. The SMILES string of the molecule is CCCOc1c(Cl)cc(/C=N\n2c(C(F)(F)F)n[nH]c2=S)cc1Cl. The lowest BCUT2D eigenvalue weighted by Crippen LogP contribution is -2.12. The maximum absolute atomic E-state index is 12.8. The third-order valence-electron chi connectivity index (χ3n) is 2.70.